The van der Waals surface area contributed by atoms with Crippen LogP contribution in [0, 0.1) is 0 Å². The number of halogens is 2. The number of nitrogens with zero attached hydrogens (tertiary/aromatic N) is 3. The highest BCUT2D eigenvalue weighted by atomic mass is 35.5. The molecule has 1 heterocycles. The van der Waals surface area contributed by atoms with Gasteiger partial charge in [0.1, 0.15) is 5.51 Å². The number of hydrogen-bond donors (Lipinski definition) is 1. The third kappa shape index (κ3) is 3.56. The van der Waals surface area contributed by atoms with Crippen molar-refractivity contribution in [2.24, 2.45) is 0 Å². The SMILES string of the molecule is CN(Cc1cccc(Cl)c1Cl)C(=O)Nc1nncs1. The van der Waals surface area contributed by atoms with Crippen LogP contribution in [0.4, 0.5) is 9.93 Å². The number of nitrogens with one attached hydrogen (secondary N) is 1. The largest absolute Gasteiger partial charge is 0.323 e. The number of hydrogen-bond acceptors (Lipinski definition) is 4. The fraction of sp³-hybridized carbons (Fsp3) is 0.182. The molecule has 0 unspecified atom stereocenters. The van der Waals surface area contributed by atoms with Crippen LogP contribution >= 0.6 is 34.5 Å². The molecule has 0 aliphatic heterocycles. The van der Waals surface area contributed by atoms with E-state index < -0.39 is 0 Å². The highest BCUT2D eigenvalue weighted by Crippen LogP contribution is 2.26. The molecule has 100 valence electrons. The van der Waals surface area contributed by atoms with Gasteiger partial charge < -0.3 is 4.90 Å². The second kappa shape index (κ2) is 6.18. The summed E-state index contributed by atoms with van der Waals surface area (Å²) in [7, 11) is 1.66. The van der Waals surface area contributed by atoms with Crippen molar-refractivity contribution in [3.63, 3.8) is 0 Å². The van der Waals surface area contributed by atoms with Crippen molar-refractivity contribution in [1.29, 1.82) is 0 Å². The zero-order valence-corrected chi connectivity index (χ0v) is 12.3. The van der Waals surface area contributed by atoms with Crippen LogP contribution in [0.25, 0.3) is 0 Å². The third-order valence-electron chi connectivity index (χ3n) is 2.36. The average molecular weight is 317 g/mol. The van der Waals surface area contributed by atoms with Gasteiger partial charge in [-0.3, -0.25) is 5.32 Å². The topological polar surface area (TPSA) is 58.1 Å². The number of carbonyl (C=O) groups is 1. The monoisotopic (exact) mass is 316 g/mol. The summed E-state index contributed by atoms with van der Waals surface area (Å²) in [6, 6.07) is 5.03. The first kappa shape index (κ1) is 14.0. The molecule has 0 saturated carbocycles. The number of carbonyl (C=O) groups excluding carboxylic acids is 1. The normalized spacial score (nSPS) is 10.3. The van der Waals surface area contributed by atoms with E-state index in [4.69, 9.17) is 23.2 Å². The molecule has 0 spiro atoms. The molecule has 2 rings (SSSR count). The lowest BCUT2D eigenvalue weighted by Crippen LogP contribution is -2.30. The summed E-state index contributed by atoms with van der Waals surface area (Å²) in [5, 5.41) is 11.4. The molecule has 2 amide bonds. The van der Waals surface area contributed by atoms with E-state index in [1.54, 1.807) is 24.7 Å². The Hall–Kier alpha value is -1.37. The lowest BCUT2D eigenvalue weighted by Gasteiger charge is -2.17. The number of aromatic nitrogens is 2. The third-order valence-corrected chi connectivity index (χ3v) is 3.82. The lowest BCUT2D eigenvalue weighted by atomic mass is 10.2. The molecule has 0 fully saturated rings. The zero-order chi connectivity index (χ0) is 13.8. The Morgan fingerprint density at radius 3 is 2.95 bits per heavy atom. The Morgan fingerprint density at radius 1 is 1.47 bits per heavy atom. The van der Waals surface area contributed by atoms with Gasteiger partial charge in [-0.25, -0.2) is 4.79 Å². The predicted octanol–water partition coefficient (Wildman–Crippen LogP) is 3.51. The van der Waals surface area contributed by atoms with Gasteiger partial charge in [0.15, 0.2) is 0 Å². The van der Waals surface area contributed by atoms with Crippen LogP contribution in [-0.2, 0) is 6.54 Å². The summed E-state index contributed by atoms with van der Waals surface area (Å²) in [5.74, 6) is 0. The molecule has 0 radical (unpaired) electrons. The van der Waals surface area contributed by atoms with E-state index >= 15 is 0 Å². The molecule has 0 aliphatic carbocycles. The van der Waals surface area contributed by atoms with Crippen LogP contribution in [0.2, 0.25) is 10.0 Å². The predicted molar refractivity (Wildman–Crippen MR) is 76.9 cm³/mol. The van der Waals surface area contributed by atoms with Gasteiger partial charge in [-0.2, -0.15) is 0 Å². The Balaban J connectivity index is 2.02. The van der Waals surface area contributed by atoms with Gasteiger partial charge in [0.05, 0.1) is 10.0 Å². The van der Waals surface area contributed by atoms with Crippen molar-refractivity contribution in [3.05, 3.63) is 39.3 Å². The maximum atomic E-state index is 11.9. The summed E-state index contributed by atoms with van der Waals surface area (Å²) >= 11 is 13.3. The molecule has 0 saturated heterocycles. The number of urea groups is 1. The average Bonchev–Trinajstić information content (AvgIpc) is 2.87. The summed E-state index contributed by atoms with van der Waals surface area (Å²) in [5.41, 5.74) is 2.33. The molecule has 2 aromatic rings. The number of benzene rings is 1. The smallest absolute Gasteiger partial charge is 0.323 e. The van der Waals surface area contributed by atoms with E-state index in [9.17, 15) is 4.79 Å². The second-order valence-corrected chi connectivity index (χ2v) is 5.36. The highest BCUT2D eigenvalue weighted by Gasteiger charge is 2.13. The maximum absolute atomic E-state index is 11.9. The van der Waals surface area contributed by atoms with E-state index in [1.165, 1.54) is 16.2 Å². The minimum absolute atomic E-state index is 0.284. The first-order chi connectivity index (χ1) is 9.08. The van der Waals surface area contributed by atoms with Crippen molar-refractivity contribution in [1.82, 2.24) is 15.1 Å². The van der Waals surface area contributed by atoms with Gasteiger partial charge in [0.2, 0.25) is 5.13 Å². The summed E-state index contributed by atoms with van der Waals surface area (Å²) in [4.78, 5) is 13.4. The molecule has 1 aromatic heterocycles. The van der Waals surface area contributed by atoms with Crippen LogP contribution < -0.4 is 5.32 Å². The molecule has 0 atom stereocenters. The quantitative estimate of drug-likeness (QED) is 0.942. The number of rotatable bonds is 3. The van der Waals surface area contributed by atoms with Crippen molar-refractivity contribution in [3.8, 4) is 0 Å². The molecule has 1 N–H and O–H groups in total. The first-order valence-electron chi connectivity index (χ1n) is 5.29. The molecular weight excluding hydrogens is 307 g/mol. The van der Waals surface area contributed by atoms with Crippen LogP contribution in [0.15, 0.2) is 23.7 Å². The van der Waals surface area contributed by atoms with Crippen LogP contribution in [0.1, 0.15) is 5.56 Å². The fourth-order valence-corrected chi connectivity index (χ4v) is 2.23. The maximum Gasteiger partial charge on any atom is 0.323 e. The summed E-state index contributed by atoms with van der Waals surface area (Å²) < 4.78 is 0. The molecular formula is C11H10Cl2N4OS. The van der Waals surface area contributed by atoms with Gasteiger partial charge in [-0.05, 0) is 11.6 Å². The highest BCUT2D eigenvalue weighted by molar-refractivity contribution is 7.13. The minimum atomic E-state index is -0.284. The second-order valence-electron chi connectivity index (χ2n) is 3.74. The van der Waals surface area contributed by atoms with E-state index in [0.29, 0.717) is 21.7 Å². The van der Waals surface area contributed by atoms with Crippen LogP contribution in [0.5, 0.6) is 0 Å². The fourth-order valence-electron chi connectivity index (χ4n) is 1.41. The number of anilines is 1. The Morgan fingerprint density at radius 2 is 2.26 bits per heavy atom. The van der Waals surface area contributed by atoms with Crippen molar-refractivity contribution in [2.75, 3.05) is 12.4 Å². The molecule has 0 bridgehead atoms. The van der Waals surface area contributed by atoms with Crippen LogP contribution in [0.3, 0.4) is 0 Å². The number of amides is 2. The Labute approximate surface area is 124 Å². The molecule has 19 heavy (non-hydrogen) atoms. The van der Waals surface area contributed by atoms with E-state index in [-0.39, 0.29) is 6.03 Å². The van der Waals surface area contributed by atoms with Gasteiger partial charge in [-0.1, -0.05) is 46.7 Å². The molecule has 5 nitrogen and oxygen atoms in total. The van der Waals surface area contributed by atoms with Crippen LogP contribution in [-0.4, -0.2) is 28.2 Å². The van der Waals surface area contributed by atoms with Gasteiger partial charge >= 0.3 is 6.03 Å². The summed E-state index contributed by atoms with van der Waals surface area (Å²) in [6.07, 6.45) is 0. The Kier molecular flexibility index (Phi) is 4.57. The van der Waals surface area contributed by atoms with E-state index in [1.807, 2.05) is 6.07 Å². The Bertz CT molecular complexity index is 576. The van der Waals surface area contributed by atoms with E-state index in [0.717, 1.165) is 5.56 Å². The van der Waals surface area contributed by atoms with Gasteiger partial charge in [-0.15, -0.1) is 10.2 Å². The first-order valence-corrected chi connectivity index (χ1v) is 6.92. The van der Waals surface area contributed by atoms with Crippen molar-refractivity contribution in [2.45, 2.75) is 6.54 Å². The standard InChI is InChI=1S/C11H10Cl2N4OS/c1-17(11(18)15-10-16-14-6-19-10)5-7-3-2-4-8(12)9(7)13/h2-4,6H,5H2,1H3,(H,15,16,18). The van der Waals surface area contributed by atoms with Crippen molar-refractivity contribution < 1.29 is 4.79 Å². The van der Waals surface area contributed by atoms with Gasteiger partial charge in [0.25, 0.3) is 0 Å². The lowest BCUT2D eigenvalue weighted by molar-refractivity contribution is 0.220. The molecule has 8 heteroatoms. The minimum Gasteiger partial charge on any atom is -0.323 e. The van der Waals surface area contributed by atoms with E-state index in [2.05, 4.69) is 15.5 Å². The zero-order valence-electron chi connectivity index (χ0n) is 9.93. The van der Waals surface area contributed by atoms with Crippen molar-refractivity contribution >= 4 is 45.7 Å². The van der Waals surface area contributed by atoms with Gasteiger partial charge in [0, 0.05) is 13.6 Å². The summed E-state index contributed by atoms with van der Waals surface area (Å²) in [6.45, 7) is 0.351. The molecule has 0 aliphatic rings. The molecule has 1 aromatic carbocycles.